The highest BCUT2D eigenvalue weighted by Gasteiger charge is 2.36. The molecule has 2 atom stereocenters. The van der Waals surface area contributed by atoms with Crippen LogP contribution < -0.4 is 14.2 Å². The summed E-state index contributed by atoms with van der Waals surface area (Å²) in [7, 11) is 0. The number of rotatable bonds is 8. The zero-order valence-electron chi connectivity index (χ0n) is 21.4. The standard InChI is InChI=1S/C28H35ClO6/c1-7-32-26(31)24(29)14-19-8-10-21(11-9-19)33-17-28(6)13-12-20-15-22(34-18(2)30)16-23(25(20)35-28)27(3,4)5/h8-11,15-16,24H,7,12-14,17H2,1-6H3. The maximum Gasteiger partial charge on any atom is 0.324 e. The Morgan fingerprint density at radius 1 is 1.14 bits per heavy atom. The summed E-state index contributed by atoms with van der Waals surface area (Å²) in [6.45, 7) is 12.2. The van der Waals surface area contributed by atoms with Crippen molar-refractivity contribution >= 4 is 23.5 Å². The van der Waals surface area contributed by atoms with E-state index in [1.165, 1.54) is 6.92 Å². The van der Waals surface area contributed by atoms with Crippen molar-refractivity contribution in [2.75, 3.05) is 13.2 Å². The van der Waals surface area contributed by atoms with Crippen LogP contribution in [0, 0.1) is 0 Å². The van der Waals surface area contributed by atoms with Gasteiger partial charge >= 0.3 is 11.9 Å². The van der Waals surface area contributed by atoms with Crippen molar-refractivity contribution in [2.24, 2.45) is 0 Å². The number of alkyl halides is 1. The quantitative estimate of drug-likeness (QED) is 0.258. The van der Waals surface area contributed by atoms with E-state index in [9.17, 15) is 9.59 Å². The molecule has 6 nitrogen and oxygen atoms in total. The number of fused-ring (bicyclic) bond motifs is 1. The topological polar surface area (TPSA) is 71.1 Å². The molecule has 0 amide bonds. The molecule has 0 saturated heterocycles. The average molecular weight is 503 g/mol. The fourth-order valence-electron chi connectivity index (χ4n) is 4.03. The van der Waals surface area contributed by atoms with Crippen LogP contribution in [0.25, 0.3) is 0 Å². The minimum absolute atomic E-state index is 0.195. The van der Waals surface area contributed by atoms with Gasteiger partial charge in [-0.1, -0.05) is 32.9 Å². The molecular formula is C28H35ClO6. The van der Waals surface area contributed by atoms with E-state index >= 15 is 0 Å². The molecule has 1 aliphatic rings. The Hall–Kier alpha value is -2.73. The van der Waals surface area contributed by atoms with E-state index < -0.39 is 16.9 Å². The van der Waals surface area contributed by atoms with E-state index in [0.29, 0.717) is 31.1 Å². The molecule has 7 heteroatoms. The summed E-state index contributed by atoms with van der Waals surface area (Å²) >= 11 is 6.14. The lowest BCUT2D eigenvalue weighted by atomic mass is 9.82. The second kappa shape index (κ2) is 10.9. The summed E-state index contributed by atoms with van der Waals surface area (Å²) in [5, 5.41) is -0.713. The molecule has 1 heterocycles. The molecule has 0 bridgehead atoms. The third kappa shape index (κ3) is 7.14. The van der Waals surface area contributed by atoms with Crippen LogP contribution in [-0.4, -0.2) is 36.1 Å². The molecule has 0 spiro atoms. The summed E-state index contributed by atoms with van der Waals surface area (Å²) in [6.07, 6.45) is 1.94. The molecule has 35 heavy (non-hydrogen) atoms. The number of benzene rings is 2. The molecule has 0 aliphatic carbocycles. The van der Waals surface area contributed by atoms with Gasteiger partial charge in [-0.2, -0.15) is 0 Å². The highest BCUT2D eigenvalue weighted by Crippen LogP contribution is 2.43. The largest absolute Gasteiger partial charge is 0.489 e. The summed E-state index contributed by atoms with van der Waals surface area (Å²) in [5.41, 5.74) is 2.25. The third-order valence-electron chi connectivity index (χ3n) is 5.91. The zero-order valence-corrected chi connectivity index (χ0v) is 22.2. The Labute approximate surface area is 212 Å². The lowest BCUT2D eigenvalue weighted by Crippen LogP contribution is -2.43. The molecule has 0 aromatic heterocycles. The van der Waals surface area contributed by atoms with Crippen LogP contribution in [0.2, 0.25) is 0 Å². The van der Waals surface area contributed by atoms with E-state index in [1.54, 1.807) is 6.92 Å². The van der Waals surface area contributed by atoms with Crippen molar-refractivity contribution < 1.29 is 28.5 Å². The SMILES string of the molecule is CCOC(=O)C(Cl)Cc1ccc(OCC2(C)CCc3cc(OC(C)=O)cc(C(C)(C)C)c3O2)cc1. The normalized spacial score (nSPS) is 18.1. The van der Waals surface area contributed by atoms with E-state index in [1.807, 2.05) is 43.3 Å². The third-order valence-corrected chi connectivity index (χ3v) is 6.24. The smallest absolute Gasteiger partial charge is 0.324 e. The summed E-state index contributed by atoms with van der Waals surface area (Å²) < 4.78 is 23.0. The molecule has 2 unspecified atom stereocenters. The highest BCUT2D eigenvalue weighted by molar-refractivity contribution is 6.30. The number of halogens is 1. The van der Waals surface area contributed by atoms with E-state index in [4.69, 9.17) is 30.5 Å². The molecule has 2 aromatic rings. The van der Waals surface area contributed by atoms with Crippen molar-refractivity contribution in [2.45, 2.75) is 77.2 Å². The lowest BCUT2D eigenvalue weighted by molar-refractivity contribution is -0.142. The molecule has 2 aromatic carbocycles. The van der Waals surface area contributed by atoms with Crippen LogP contribution in [0.4, 0.5) is 0 Å². The summed E-state index contributed by atoms with van der Waals surface area (Å²) in [4.78, 5) is 23.2. The van der Waals surface area contributed by atoms with Crippen LogP contribution in [0.1, 0.15) is 64.7 Å². The van der Waals surface area contributed by atoms with Crippen LogP contribution in [0.15, 0.2) is 36.4 Å². The minimum atomic E-state index is -0.713. The van der Waals surface area contributed by atoms with Crippen molar-refractivity contribution in [3.8, 4) is 17.2 Å². The minimum Gasteiger partial charge on any atom is -0.489 e. The second-order valence-electron chi connectivity index (χ2n) is 10.2. The Morgan fingerprint density at radius 2 is 1.83 bits per heavy atom. The summed E-state index contributed by atoms with van der Waals surface area (Å²) in [6, 6.07) is 11.3. The van der Waals surface area contributed by atoms with Crippen molar-refractivity contribution in [3.05, 3.63) is 53.1 Å². The summed E-state index contributed by atoms with van der Waals surface area (Å²) in [5.74, 6) is 1.35. The van der Waals surface area contributed by atoms with Gasteiger partial charge < -0.3 is 18.9 Å². The lowest BCUT2D eigenvalue weighted by Gasteiger charge is -2.38. The van der Waals surface area contributed by atoms with Gasteiger partial charge in [0.1, 0.15) is 34.8 Å². The average Bonchev–Trinajstić information content (AvgIpc) is 2.77. The predicted molar refractivity (Wildman–Crippen MR) is 136 cm³/mol. The number of aryl methyl sites for hydroxylation is 1. The Morgan fingerprint density at radius 3 is 2.43 bits per heavy atom. The van der Waals surface area contributed by atoms with Crippen LogP contribution in [-0.2, 0) is 32.6 Å². The molecule has 0 N–H and O–H groups in total. The fraction of sp³-hybridized carbons (Fsp3) is 0.500. The second-order valence-corrected chi connectivity index (χ2v) is 10.7. The molecule has 1 aliphatic heterocycles. The molecular weight excluding hydrogens is 468 g/mol. The van der Waals surface area contributed by atoms with Gasteiger partial charge in [-0.25, -0.2) is 0 Å². The van der Waals surface area contributed by atoms with Gasteiger partial charge in [0.25, 0.3) is 0 Å². The monoisotopic (exact) mass is 502 g/mol. The maximum atomic E-state index is 11.8. The zero-order chi connectivity index (χ0) is 25.8. The molecule has 0 saturated carbocycles. The van der Waals surface area contributed by atoms with Crippen molar-refractivity contribution in [1.29, 1.82) is 0 Å². The number of esters is 2. The first-order valence-corrected chi connectivity index (χ1v) is 12.4. The van der Waals surface area contributed by atoms with Gasteiger partial charge in [0.05, 0.1) is 6.61 Å². The first kappa shape index (κ1) is 26.9. The predicted octanol–water partition coefficient (Wildman–Crippen LogP) is 5.79. The van der Waals surface area contributed by atoms with Crippen LogP contribution in [0.5, 0.6) is 17.2 Å². The van der Waals surface area contributed by atoms with E-state index in [-0.39, 0.29) is 11.4 Å². The van der Waals surface area contributed by atoms with Crippen molar-refractivity contribution in [3.63, 3.8) is 0 Å². The Kier molecular flexibility index (Phi) is 8.37. The van der Waals surface area contributed by atoms with E-state index in [0.717, 1.165) is 35.3 Å². The number of ether oxygens (including phenoxy) is 4. The molecule has 3 rings (SSSR count). The Balaban J connectivity index is 1.69. The van der Waals surface area contributed by atoms with Gasteiger partial charge in [-0.05, 0) is 73.9 Å². The fourth-order valence-corrected chi connectivity index (χ4v) is 4.27. The van der Waals surface area contributed by atoms with Crippen LogP contribution >= 0.6 is 11.6 Å². The van der Waals surface area contributed by atoms with Crippen LogP contribution in [0.3, 0.4) is 0 Å². The van der Waals surface area contributed by atoms with Gasteiger partial charge in [0.15, 0.2) is 0 Å². The van der Waals surface area contributed by atoms with Gasteiger partial charge in [-0.15, -0.1) is 11.6 Å². The van der Waals surface area contributed by atoms with Gasteiger partial charge in [-0.3, -0.25) is 9.59 Å². The number of carbonyl (C=O) groups excluding carboxylic acids is 2. The first-order valence-electron chi connectivity index (χ1n) is 12.0. The van der Waals surface area contributed by atoms with E-state index in [2.05, 4.69) is 20.8 Å². The highest BCUT2D eigenvalue weighted by atomic mass is 35.5. The van der Waals surface area contributed by atoms with Gasteiger partial charge in [0, 0.05) is 12.5 Å². The molecule has 190 valence electrons. The Bertz CT molecular complexity index is 1060. The number of hydrogen-bond acceptors (Lipinski definition) is 6. The first-order chi connectivity index (χ1) is 16.4. The molecule has 0 radical (unpaired) electrons. The number of hydrogen-bond donors (Lipinski definition) is 0. The van der Waals surface area contributed by atoms with Gasteiger partial charge in [0.2, 0.25) is 0 Å². The number of carbonyl (C=O) groups is 2. The maximum absolute atomic E-state index is 11.8. The molecule has 0 fully saturated rings. The van der Waals surface area contributed by atoms with Crippen molar-refractivity contribution in [1.82, 2.24) is 0 Å².